The molecule has 0 bridgehead atoms. The maximum Gasteiger partial charge on any atom is 0.272 e. The highest BCUT2D eigenvalue weighted by molar-refractivity contribution is 6.07. The van der Waals surface area contributed by atoms with Gasteiger partial charge in [-0.05, 0) is 30.7 Å². The Kier molecular flexibility index (Phi) is 3.93. The van der Waals surface area contributed by atoms with E-state index in [9.17, 15) is 4.79 Å². The number of hydrogen-bond donors (Lipinski definition) is 2. The lowest BCUT2D eigenvalue weighted by atomic mass is 10.1. The minimum Gasteiger partial charge on any atom is -0.493 e. The maximum absolute atomic E-state index is 12.5. The molecule has 0 fully saturated rings. The minimum absolute atomic E-state index is 0.189. The number of para-hydroxylation sites is 1. The number of anilines is 1. The fourth-order valence-corrected chi connectivity index (χ4v) is 2.62. The van der Waals surface area contributed by atoms with Crippen LogP contribution in [0.3, 0.4) is 0 Å². The largest absolute Gasteiger partial charge is 0.493 e. The number of carbonyl (C=O) groups is 1. The average molecular weight is 310 g/mol. The first-order chi connectivity index (χ1) is 11.1. The molecule has 0 aliphatic rings. The first-order valence-corrected chi connectivity index (χ1v) is 7.24. The zero-order valence-electron chi connectivity index (χ0n) is 13.3. The molecular weight excluding hydrogens is 292 g/mol. The Morgan fingerprint density at radius 2 is 1.78 bits per heavy atom. The zero-order chi connectivity index (χ0) is 16.4. The number of benzene rings is 2. The Hall–Kier alpha value is -2.95. The summed E-state index contributed by atoms with van der Waals surface area (Å²) in [6.45, 7) is 1.93. The summed E-state index contributed by atoms with van der Waals surface area (Å²) in [6.07, 6.45) is 0. The Bertz CT molecular complexity index is 868. The number of nitrogens with one attached hydrogen (secondary N) is 2. The molecule has 5 nitrogen and oxygen atoms in total. The van der Waals surface area contributed by atoms with Crippen LogP contribution in [-0.2, 0) is 0 Å². The molecule has 1 aromatic heterocycles. The Balaban J connectivity index is 1.90. The van der Waals surface area contributed by atoms with Crippen LogP contribution in [0.1, 0.15) is 16.1 Å². The summed E-state index contributed by atoms with van der Waals surface area (Å²) < 4.78 is 10.4. The van der Waals surface area contributed by atoms with E-state index in [0.717, 1.165) is 16.5 Å². The van der Waals surface area contributed by atoms with Crippen molar-refractivity contribution in [2.24, 2.45) is 0 Å². The number of aryl methyl sites for hydroxylation is 1. The number of amides is 1. The van der Waals surface area contributed by atoms with Crippen molar-refractivity contribution < 1.29 is 14.3 Å². The molecule has 0 spiro atoms. The molecule has 0 radical (unpaired) electrons. The van der Waals surface area contributed by atoms with Crippen molar-refractivity contribution in [1.29, 1.82) is 0 Å². The number of methoxy groups -OCH3 is 2. The summed E-state index contributed by atoms with van der Waals surface area (Å²) in [4.78, 5) is 15.7. The molecule has 0 atom stereocenters. The average Bonchev–Trinajstić information content (AvgIpc) is 2.92. The molecule has 1 heterocycles. The molecule has 2 N–H and O–H groups in total. The fraction of sp³-hybridized carbons (Fsp3) is 0.167. The zero-order valence-corrected chi connectivity index (χ0v) is 13.3. The molecule has 0 saturated carbocycles. The minimum atomic E-state index is -0.189. The predicted octanol–water partition coefficient (Wildman–Crippen LogP) is 3.75. The van der Waals surface area contributed by atoms with Gasteiger partial charge in [0.1, 0.15) is 5.69 Å². The van der Waals surface area contributed by atoms with E-state index >= 15 is 0 Å². The van der Waals surface area contributed by atoms with Gasteiger partial charge in [-0.2, -0.15) is 0 Å². The van der Waals surface area contributed by atoms with Crippen molar-refractivity contribution in [1.82, 2.24) is 4.98 Å². The lowest BCUT2D eigenvalue weighted by molar-refractivity contribution is 0.102. The van der Waals surface area contributed by atoms with Crippen LogP contribution in [0.2, 0.25) is 0 Å². The third kappa shape index (κ3) is 2.73. The van der Waals surface area contributed by atoms with Gasteiger partial charge in [0.15, 0.2) is 11.5 Å². The van der Waals surface area contributed by atoms with Crippen LogP contribution in [0.25, 0.3) is 10.9 Å². The molecule has 1 amide bonds. The molecule has 0 saturated heterocycles. The number of aromatic nitrogens is 1. The van der Waals surface area contributed by atoms with Gasteiger partial charge in [0.05, 0.1) is 14.2 Å². The first-order valence-electron chi connectivity index (χ1n) is 7.24. The number of ether oxygens (including phenoxy) is 2. The predicted molar refractivity (Wildman–Crippen MR) is 90.5 cm³/mol. The van der Waals surface area contributed by atoms with Gasteiger partial charge in [-0.1, -0.05) is 18.2 Å². The number of aromatic amines is 1. The van der Waals surface area contributed by atoms with Crippen molar-refractivity contribution in [3.63, 3.8) is 0 Å². The SMILES string of the molecule is COc1ccc(NC(=O)c2[nH]c3ccccc3c2C)cc1OC. The molecular formula is C18H18N2O3. The molecule has 5 heteroatoms. The number of carbonyl (C=O) groups excluding carboxylic acids is 1. The Labute approximate surface area is 134 Å². The molecule has 3 aromatic rings. The fourth-order valence-electron chi connectivity index (χ4n) is 2.62. The number of hydrogen-bond acceptors (Lipinski definition) is 3. The molecule has 0 aliphatic heterocycles. The number of rotatable bonds is 4. The van der Waals surface area contributed by atoms with Gasteiger partial charge in [0.2, 0.25) is 0 Å². The quantitative estimate of drug-likeness (QED) is 0.771. The van der Waals surface area contributed by atoms with Crippen LogP contribution in [0.4, 0.5) is 5.69 Å². The highest BCUT2D eigenvalue weighted by Gasteiger charge is 2.15. The second kappa shape index (κ2) is 6.04. The van der Waals surface area contributed by atoms with E-state index in [-0.39, 0.29) is 5.91 Å². The second-order valence-electron chi connectivity index (χ2n) is 5.19. The molecule has 2 aromatic carbocycles. The second-order valence-corrected chi connectivity index (χ2v) is 5.19. The summed E-state index contributed by atoms with van der Waals surface area (Å²) >= 11 is 0. The van der Waals surface area contributed by atoms with Crippen LogP contribution >= 0.6 is 0 Å². The lowest BCUT2D eigenvalue weighted by Gasteiger charge is -2.10. The van der Waals surface area contributed by atoms with Crippen LogP contribution in [0, 0.1) is 6.92 Å². The summed E-state index contributed by atoms with van der Waals surface area (Å²) in [5.41, 5.74) is 3.08. The summed E-state index contributed by atoms with van der Waals surface area (Å²) in [7, 11) is 3.13. The highest BCUT2D eigenvalue weighted by atomic mass is 16.5. The van der Waals surface area contributed by atoms with E-state index in [1.165, 1.54) is 0 Å². The van der Waals surface area contributed by atoms with Gasteiger partial charge in [-0.3, -0.25) is 4.79 Å². The van der Waals surface area contributed by atoms with Gasteiger partial charge in [0.25, 0.3) is 5.91 Å². The number of fused-ring (bicyclic) bond motifs is 1. The van der Waals surface area contributed by atoms with Crippen LogP contribution < -0.4 is 14.8 Å². The normalized spacial score (nSPS) is 10.6. The van der Waals surface area contributed by atoms with Gasteiger partial charge < -0.3 is 19.8 Å². The van der Waals surface area contributed by atoms with Crippen LogP contribution in [-0.4, -0.2) is 25.1 Å². The van der Waals surface area contributed by atoms with Crippen molar-refractivity contribution in [3.05, 3.63) is 53.7 Å². The third-order valence-corrected chi connectivity index (χ3v) is 3.83. The van der Waals surface area contributed by atoms with Crippen LogP contribution in [0.5, 0.6) is 11.5 Å². The molecule has 0 aliphatic carbocycles. The molecule has 3 rings (SSSR count). The molecule has 0 unspecified atom stereocenters. The van der Waals surface area contributed by atoms with E-state index in [4.69, 9.17) is 9.47 Å². The van der Waals surface area contributed by atoms with Crippen molar-refractivity contribution in [2.75, 3.05) is 19.5 Å². The highest BCUT2D eigenvalue weighted by Crippen LogP contribution is 2.30. The van der Waals surface area contributed by atoms with Gasteiger partial charge in [-0.15, -0.1) is 0 Å². The van der Waals surface area contributed by atoms with Gasteiger partial charge >= 0.3 is 0 Å². The Morgan fingerprint density at radius 1 is 1.04 bits per heavy atom. The van der Waals surface area contributed by atoms with E-state index in [0.29, 0.717) is 22.9 Å². The van der Waals surface area contributed by atoms with Crippen molar-refractivity contribution in [2.45, 2.75) is 6.92 Å². The van der Waals surface area contributed by atoms with Crippen molar-refractivity contribution in [3.8, 4) is 11.5 Å². The molecule has 118 valence electrons. The smallest absolute Gasteiger partial charge is 0.272 e. The third-order valence-electron chi connectivity index (χ3n) is 3.83. The summed E-state index contributed by atoms with van der Waals surface area (Å²) in [6, 6.07) is 13.1. The number of H-pyrrole nitrogens is 1. The topological polar surface area (TPSA) is 63.3 Å². The lowest BCUT2D eigenvalue weighted by Crippen LogP contribution is -2.13. The maximum atomic E-state index is 12.5. The van der Waals surface area contributed by atoms with Crippen LogP contribution in [0.15, 0.2) is 42.5 Å². The summed E-state index contributed by atoms with van der Waals surface area (Å²) in [5, 5.41) is 3.93. The van der Waals surface area contributed by atoms with Gasteiger partial charge in [-0.25, -0.2) is 0 Å². The van der Waals surface area contributed by atoms with E-state index < -0.39 is 0 Å². The Morgan fingerprint density at radius 3 is 2.48 bits per heavy atom. The molecule has 23 heavy (non-hydrogen) atoms. The standard InChI is InChI=1S/C18H18N2O3/c1-11-13-6-4-5-7-14(13)20-17(11)18(21)19-12-8-9-15(22-2)16(10-12)23-3/h4-10,20H,1-3H3,(H,19,21). The van der Waals surface area contributed by atoms with Crippen molar-refractivity contribution >= 4 is 22.5 Å². The van der Waals surface area contributed by atoms with E-state index in [1.54, 1.807) is 32.4 Å². The monoisotopic (exact) mass is 310 g/mol. The first kappa shape index (κ1) is 15.0. The van der Waals surface area contributed by atoms with Gasteiger partial charge in [0, 0.05) is 22.7 Å². The van der Waals surface area contributed by atoms with E-state index in [1.807, 2.05) is 31.2 Å². The summed E-state index contributed by atoms with van der Waals surface area (Å²) in [5.74, 6) is 0.997. The van der Waals surface area contributed by atoms with E-state index in [2.05, 4.69) is 10.3 Å².